The zero-order valence-electron chi connectivity index (χ0n) is 15.5. The van der Waals surface area contributed by atoms with Crippen molar-refractivity contribution in [3.8, 4) is 17.4 Å². The molecule has 140 valence electrons. The lowest BCUT2D eigenvalue weighted by Crippen LogP contribution is -1.97. The standard InChI is InChI=1S/C21H21ClN2O2S/c1-4-16-12-20(26-18-8-9-19(22)14(2)10-18)24-21(23-16)27-13-15-6-5-7-17(11-15)25-3/h5-12H,4,13H2,1-3H3. The van der Waals surface area contributed by atoms with Gasteiger partial charge in [-0.15, -0.1) is 0 Å². The van der Waals surface area contributed by atoms with Crippen molar-refractivity contribution in [3.05, 3.63) is 70.4 Å². The second kappa shape index (κ2) is 9.11. The largest absolute Gasteiger partial charge is 0.497 e. The average Bonchev–Trinajstić information content (AvgIpc) is 2.69. The SMILES string of the molecule is CCc1cc(Oc2ccc(Cl)c(C)c2)nc(SCc2cccc(OC)c2)n1. The van der Waals surface area contributed by atoms with E-state index in [0.717, 1.165) is 34.7 Å². The summed E-state index contributed by atoms with van der Waals surface area (Å²) >= 11 is 7.66. The Labute approximate surface area is 168 Å². The lowest BCUT2D eigenvalue weighted by atomic mass is 10.2. The molecule has 0 aliphatic heterocycles. The van der Waals surface area contributed by atoms with Gasteiger partial charge in [0.15, 0.2) is 5.16 Å². The van der Waals surface area contributed by atoms with Crippen LogP contribution in [0, 0.1) is 6.92 Å². The van der Waals surface area contributed by atoms with Crippen molar-refractivity contribution in [2.24, 2.45) is 0 Å². The molecule has 0 saturated heterocycles. The van der Waals surface area contributed by atoms with Crippen molar-refractivity contribution in [1.82, 2.24) is 9.97 Å². The van der Waals surface area contributed by atoms with Crippen LogP contribution in [0.4, 0.5) is 0 Å². The van der Waals surface area contributed by atoms with Crippen LogP contribution < -0.4 is 9.47 Å². The minimum Gasteiger partial charge on any atom is -0.497 e. The van der Waals surface area contributed by atoms with E-state index in [0.29, 0.717) is 21.8 Å². The lowest BCUT2D eigenvalue weighted by Gasteiger charge is -2.10. The van der Waals surface area contributed by atoms with Gasteiger partial charge in [-0.2, -0.15) is 4.98 Å². The van der Waals surface area contributed by atoms with Crippen molar-refractivity contribution in [3.63, 3.8) is 0 Å². The highest BCUT2D eigenvalue weighted by atomic mass is 35.5. The summed E-state index contributed by atoms with van der Waals surface area (Å²) in [5.41, 5.74) is 3.06. The molecule has 3 rings (SSSR count). The molecule has 0 radical (unpaired) electrons. The van der Waals surface area contributed by atoms with Crippen LogP contribution in [0.5, 0.6) is 17.4 Å². The normalized spacial score (nSPS) is 10.7. The Morgan fingerprint density at radius 2 is 1.89 bits per heavy atom. The molecular formula is C21H21ClN2O2S. The molecule has 0 bridgehead atoms. The highest BCUT2D eigenvalue weighted by Gasteiger charge is 2.08. The molecule has 1 heterocycles. The monoisotopic (exact) mass is 400 g/mol. The fourth-order valence-electron chi connectivity index (χ4n) is 2.46. The molecule has 0 aliphatic rings. The molecule has 6 heteroatoms. The van der Waals surface area contributed by atoms with Gasteiger partial charge in [-0.3, -0.25) is 0 Å². The number of halogens is 1. The number of benzene rings is 2. The summed E-state index contributed by atoms with van der Waals surface area (Å²) in [5, 5.41) is 1.41. The van der Waals surface area contributed by atoms with Crippen LogP contribution in [-0.2, 0) is 12.2 Å². The van der Waals surface area contributed by atoms with Gasteiger partial charge in [0, 0.05) is 22.5 Å². The van der Waals surface area contributed by atoms with Gasteiger partial charge >= 0.3 is 0 Å². The van der Waals surface area contributed by atoms with Gasteiger partial charge in [-0.25, -0.2) is 4.98 Å². The fraction of sp³-hybridized carbons (Fsp3) is 0.238. The van der Waals surface area contributed by atoms with Crippen molar-refractivity contribution in [1.29, 1.82) is 0 Å². The summed E-state index contributed by atoms with van der Waals surface area (Å²) < 4.78 is 11.2. The molecule has 2 aromatic carbocycles. The zero-order valence-corrected chi connectivity index (χ0v) is 17.1. The van der Waals surface area contributed by atoms with E-state index in [2.05, 4.69) is 23.0 Å². The number of methoxy groups -OCH3 is 1. The first-order valence-corrected chi connectivity index (χ1v) is 10.0. The number of hydrogen-bond donors (Lipinski definition) is 0. The smallest absolute Gasteiger partial charge is 0.223 e. The quantitative estimate of drug-likeness (QED) is 0.354. The van der Waals surface area contributed by atoms with E-state index in [9.17, 15) is 0 Å². The average molecular weight is 401 g/mol. The van der Waals surface area contributed by atoms with E-state index < -0.39 is 0 Å². The van der Waals surface area contributed by atoms with E-state index in [1.54, 1.807) is 18.9 Å². The van der Waals surface area contributed by atoms with E-state index >= 15 is 0 Å². The summed E-state index contributed by atoms with van der Waals surface area (Å²) in [5.74, 6) is 2.85. The van der Waals surface area contributed by atoms with Crippen LogP contribution in [0.25, 0.3) is 0 Å². The number of thioether (sulfide) groups is 1. The maximum Gasteiger partial charge on any atom is 0.223 e. The van der Waals surface area contributed by atoms with Crippen molar-refractivity contribution in [2.45, 2.75) is 31.2 Å². The van der Waals surface area contributed by atoms with Gasteiger partial charge in [0.1, 0.15) is 11.5 Å². The Hall–Kier alpha value is -2.24. The first-order chi connectivity index (χ1) is 13.1. The Morgan fingerprint density at radius 1 is 1.04 bits per heavy atom. The highest BCUT2D eigenvalue weighted by molar-refractivity contribution is 7.98. The lowest BCUT2D eigenvalue weighted by molar-refractivity contribution is 0.414. The van der Waals surface area contributed by atoms with Crippen LogP contribution in [-0.4, -0.2) is 17.1 Å². The number of aryl methyl sites for hydroxylation is 2. The molecule has 3 aromatic rings. The molecule has 0 saturated carbocycles. The first-order valence-electron chi connectivity index (χ1n) is 8.65. The number of ether oxygens (including phenoxy) is 2. The molecule has 0 spiro atoms. The molecule has 1 aromatic heterocycles. The van der Waals surface area contributed by atoms with Gasteiger partial charge in [0.05, 0.1) is 7.11 Å². The second-order valence-corrected chi connectivity index (χ2v) is 7.34. The number of nitrogens with zero attached hydrogens (tertiary/aromatic N) is 2. The number of hydrogen-bond acceptors (Lipinski definition) is 5. The van der Waals surface area contributed by atoms with Crippen LogP contribution >= 0.6 is 23.4 Å². The van der Waals surface area contributed by atoms with Crippen molar-refractivity contribution in [2.75, 3.05) is 7.11 Å². The number of rotatable bonds is 7. The fourth-order valence-corrected chi connectivity index (χ4v) is 3.39. The minimum absolute atomic E-state index is 0.539. The Morgan fingerprint density at radius 3 is 2.63 bits per heavy atom. The summed E-state index contributed by atoms with van der Waals surface area (Å²) in [6.45, 7) is 4.01. The van der Waals surface area contributed by atoms with Crippen molar-refractivity contribution < 1.29 is 9.47 Å². The molecule has 0 N–H and O–H groups in total. The third-order valence-corrected chi connectivity index (χ3v) is 5.29. The van der Waals surface area contributed by atoms with Gasteiger partial charge < -0.3 is 9.47 Å². The molecule has 0 atom stereocenters. The molecule has 0 amide bonds. The predicted octanol–water partition coefficient (Wildman–Crippen LogP) is 6.09. The van der Waals surface area contributed by atoms with Gasteiger partial charge in [-0.05, 0) is 54.8 Å². The summed E-state index contributed by atoms with van der Waals surface area (Å²) in [6, 6.07) is 15.4. The van der Waals surface area contributed by atoms with Crippen LogP contribution in [0.1, 0.15) is 23.7 Å². The van der Waals surface area contributed by atoms with E-state index in [1.807, 2.05) is 49.4 Å². The third kappa shape index (κ3) is 5.37. The molecular weight excluding hydrogens is 380 g/mol. The van der Waals surface area contributed by atoms with Gasteiger partial charge in [-0.1, -0.05) is 42.4 Å². The first kappa shape index (κ1) is 19.5. The Balaban J connectivity index is 1.77. The maximum absolute atomic E-state index is 6.08. The Bertz CT molecular complexity index is 934. The van der Waals surface area contributed by atoms with Crippen LogP contribution in [0.3, 0.4) is 0 Å². The van der Waals surface area contributed by atoms with Gasteiger partial charge in [0.25, 0.3) is 0 Å². The summed E-state index contributed by atoms with van der Waals surface area (Å²) in [7, 11) is 1.67. The zero-order chi connectivity index (χ0) is 19.2. The molecule has 27 heavy (non-hydrogen) atoms. The summed E-state index contributed by atoms with van der Waals surface area (Å²) in [4.78, 5) is 9.15. The topological polar surface area (TPSA) is 44.2 Å². The third-order valence-electron chi connectivity index (χ3n) is 3.95. The van der Waals surface area contributed by atoms with Crippen molar-refractivity contribution >= 4 is 23.4 Å². The highest BCUT2D eigenvalue weighted by Crippen LogP contribution is 2.28. The molecule has 0 aliphatic carbocycles. The van der Waals surface area contributed by atoms with Gasteiger partial charge in [0.2, 0.25) is 5.88 Å². The Kier molecular flexibility index (Phi) is 6.58. The van der Waals surface area contributed by atoms with Crippen LogP contribution in [0.2, 0.25) is 5.02 Å². The van der Waals surface area contributed by atoms with E-state index in [1.165, 1.54) is 0 Å². The number of aromatic nitrogens is 2. The molecule has 0 fully saturated rings. The minimum atomic E-state index is 0.539. The van der Waals surface area contributed by atoms with Crippen LogP contribution in [0.15, 0.2) is 53.7 Å². The molecule has 4 nitrogen and oxygen atoms in total. The molecule has 0 unspecified atom stereocenters. The second-order valence-electron chi connectivity index (χ2n) is 5.99. The predicted molar refractivity (Wildman–Crippen MR) is 110 cm³/mol. The van der Waals surface area contributed by atoms with E-state index in [-0.39, 0.29) is 0 Å². The summed E-state index contributed by atoms with van der Waals surface area (Å²) in [6.07, 6.45) is 0.811. The maximum atomic E-state index is 6.08. The van der Waals surface area contributed by atoms with E-state index in [4.69, 9.17) is 21.1 Å².